The van der Waals surface area contributed by atoms with E-state index in [2.05, 4.69) is 23.8 Å². The van der Waals surface area contributed by atoms with Crippen molar-refractivity contribution in [1.29, 1.82) is 0 Å². The van der Waals surface area contributed by atoms with E-state index in [9.17, 15) is 13.6 Å². The maximum Gasteiger partial charge on any atom is 0.233 e. The maximum absolute atomic E-state index is 14.2. The highest BCUT2D eigenvalue weighted by Gasteiger charge is 2.22. The minimum atomic E-state index is -0.744. The van der Waals surface area contributed by atoms with E-state index in [0.29, 0.717) is 20.8 Å². The summed E-state index contributed by atoms with van der Waals surface area (Å²) >= 11 is 2.84. The Kier molecular flexibility index (Phi) is 6.81. The van der Waals surface area contributed by atoms with Gasteiger partial charge < -0.3 is 0 Å². The molecule has 2 aromatic carbocycles. The van der Waals surface area contributed by atoms with Gasteiger partial charge in [0.05, 0.1) is 23.4 Å². The lowest BCUT2D eigenvalue weighted by molar-refractivity contribution is -0.118. The van der Waals surface area contributed by atoms with Crippen molar-refractivity contribution in [1.82, 2.24) is 9.97 Å². The molecule has 0 N–H and O–H groups in total. The molecule has 0 unspecified atom stereocenters. The zero-order valence-corrected chi connectivity index (χ0v) is 19.2. The molecular weight excluding hydrogens is 448 g/mol. The third-order valence-corrected chi connectivity index (χ3v) is 6.67. The average Bonchev–Trinajstić information content (AvgIpc) is 3.18. The molecule has 2 heterocycles. The molecule has 1 amide bonds. The van der Waals surface area contributed by atoms with Gasteiger partial charge in [0.1, 0.15) is 11.3 Å². The van der Waals surface area contributed by atoms with Crippen molar-refractivity contribution in [3.05, 3.63) is 83.7 Å². The molecule has 0 saturated heterocycles. The summed E-state index contributed by atoms with van der Waals surface area (Å²) in [6.07, 6.45) is 1.81. The highest BCUT2D eigenvalue weighted by Crippen LogP contribution is 2.32. The molecule has 8 heteroatoms. The molecule has 0 atom stereocenters. The fraction of sp³-hybridized carbons (Fsp3) is 0.208. The fourth-order valence-corrected chi connectivity index (χ4v) is 5.06. The summed E-state index contributed by atoms with van der Waals surface area (Å²) in [4.78, 5) is 24.5. The van der Waals surface area contributed by atoms with Crippen LogP contribution in [0.2, 0.25) is 0 Å². The normalized spacial score (nSPS) is 11.3. The number of benzene rings is 2. The van der Waals surface area contributed by atoms with Crippen LogP contribution in [0.3, 0.4) is 0 Å². The monoisotopic (exact) mass is 469 g/mol. The average molecular weight is 470 g/mol. The minimum absolute atomic E-state index is 0.0558. The number of hydrogen-bond acceptors (Lipinski definition) is 5. The van der Waals surface area contributed by atoms with E-state index in [1.807, 2.05) is 36.4 Å². The van der Waals surface area contributed by atoms with Gasteiger partial charge in [-0.3, -0.25) is 14.7 Å². The van der Waals surface area contributed by atoms with Crippen molar-refractivity contribution >= 4 is 44.4 Å². The van der Waals surface area contributed by atoms with Gasteiger partial charge in [-0.15, -0.1) is 11.8 Å². The zero-order chi connectivity index (χ0) is 22.7. The summed E-state index contributed by atoms with van der Waals surface area (Å²) in [5, 5.41) is 0.785. The van der Waals surface area contributed by atoms with Gasteiger partial charge in [0.15, 0.2) is 10.9 Å². The molecular formula is C24H21F2N3OS2. The number of thiazole rings is 1. The number of nitrogens with zero attached hydrogens (tertiary/aromatic N) is 3. The number of pyridine rings is 1. The van der Waals surface area contributed by atoms with Crippen LogP contribution in [-0.4, -0.2) is 21.1 Å². The van der Waals surface area contributed by atoms with Crippen LogP contribution in [0.1, 0.15) is 25.1 Å². The summed E-state index contributed by atoms with van der Waals surface area (Å²) in [7, 11) is 0. The van der Waals surface area contributed by atoms with Crippen LogP contribution < -0.4 is 4.90 Å². The largest absolute Gasteiger partial charge is 0.282 e. The van der Waals surface area contributed by atoms with Crippen molar-refractivity contribution in [2.45, 2.75) is 37.0 Å². The third-order valence-electron chi connectivity index (χ3n) is 4.63. The van der Waals surface area contributed by atoms with Gasteiger partial charge in [0.25, 0.3) is 0 Å². The summed E-state index contributed by atoms with van der Waals surface area (Å²) in [5.41, 5.74) is 1.60. The van der Waals surface area contributed by atoms with Gasteiger partial charge in [-0.1, -0.05) is 43.4 Å². The molecule has 4 aromatic rings. The standard InChI is InChI=1S/C24H21F2N3OS2/c1-15(2)31-19-8-6-16(7-9-19)11-22(30)29(14-18-5-3-4-10-27-18)24-28-23-20(26)12-17(25)13-21(23)32-24/h3-10,12-13,15H,11,14H2,1-2H3. The lowest BCUT2D eigenvalue weighted by Crippen LogP contribution is -2.32. The molecule has 0 fully saturated rings. The Labute approximate surface area is 193 Å². The topological polar surface area (TPSA) is 46.1 Å². The first-order chi connectivity index (χ1) is 15.4. The summed E-state index contributed by atoms with van der Waals surface area (Å²) in [6.45, 7) is 4.44. The van der Waals surface area contributed by atoms with E-state index in [-0.39, 0.29) is 24.4 Å². The molecule has 164 valence electrons. The minimum Gasteiger partial charge on any atom is -0.282 e. The highest BCUT2D eigenvalue weighted by molar-refractivity contribution is 7.99. The first-order valence-corrected chi connectivity index (χ1v) is 11.8. The maximum atomic E-state index is 14.2. The number of carbonyl (C=O) groups is 1. The quantitative estimate of drug-likeness (QED) is 0.300. The van der Waals surface area contributed by atoms with Gasteiger partial charge in [-0.05, 0) is 35.9 Å². The fourth-order valence-electron chi connectivity index (χ4n) is 3.21. The van der Waals surface area contributed by atoms with Gasteiger partial charge in [-0.25, -0.2) is 13.8 Å². The summed E-state index contributed by atoms with van der Waals surface area (Å²) in [6, 6.07) is 15.4. The lowest BCUT2D eigenvalue weighted by atomic mass is 10.1. The Morgan fingerprint density at radius 3 is 2.59 bits per heavy atom. The summed E-state index contributed by atoms with van der Waals surface area (Å²) in [5.74, 6) is -1.61. The molecule has 0 bridgehead atoms. The van der Waals surface area contributed by atoms with Crippen LogP contribution >= 0.6 is 23.1 Å². The van der Waals surface area contributed by atoms with Crippen LogP contribution in [0, 0.1) is 11.6 Å². The first kappa shape index (κ1) is 22.4. The predicted molar refractivity (Wildman–Crippen MR) is 126 cm³/mol. The molecule has 32 heavy (non-hydrogen) atoms. The van der Waals surface area contributed by atoms with E-state index in [1.54, 1.807) is 24.0 Å². The van der Waals surface area contributed by atoms with Crippen LogP contribution in [-0.2, 0) is 17.8 Å². The zero-order valence-electron chi connectivity index (χ0n) is 17.6. The van der Waals surface area contributed by atoms with Crippen molar-refractivity contribution in [2.24, 2.45) is 0 Å². The van der Waals surface area contributed by atoms with Crippen molar-refractivity contribution in [3.8, 4) is 0 Å². The Morgan fingerprint density at radius 2 is 1.91 bits per heavy atom. The first-order valence-electron chi connectivity index (χ1n) is 10.1. The Bertz CT molecular complexity index is 1230. The highest BCUT2D eigenvalue weighted by atomic mass is 32.2. The van der Waals surface area contributed by atoms with E-state index in [1.165, 1.54) is 11.0 Å². The van der Waals surface area contributed by atoms with Gasteiger partial charge >= 0.3 is 0 Å². The molecule has 0 aliphatic rings. The number of amides is 1. The van der Waals surface area contributed by atoms with Crippen LogP contribution in [0.5, 0.6) is 0 Å². The van der Waals surface area contributed by atoms with E-state index in [0.717, 1.165) is 27.9 Å². The third kappa shape index (κ3) is 5.31. The summed E-state index contributed by atoms with van der Waals surface area (Å²) < 4.78 is 28.2. The lowest BCUT2D eigenvalue weighted by Gasteiger charge is -2.19. The molecule has 0 radical (unpaired) electrons. The molecule has 0 aliphatic carbocycles. The second-order valence-corrected chi connectivity index (χ2v) is 10.2. The molecule has 4 nitrogen and oxygen atoms in total. The molecule has 0 saturated carbocycles. The Morgan fingerprint density at radius 1 is 1.12 bits per heavy atom. The van der Waals surface area contributed by atoms with E-state index < -0.39 is 11.6 Å². The SMILES string of the molecule is CC(C)Sc1ccc(CC(=O)N(Cc2ccccn2)c2nc3c(F)cc(F)cc3s2)cc1. The molecule has 4 rings (SSSR count). The second-order valence-electron chi connectivity index (χ2n) is 7.52. The predicted octanol–water partition coefficient (Wildman–Crippen LogP) is 6.25. The molecule has 0 aliphatic heterocycles. The smallest absolute Gasteiger partial charge is 0.233 e. The van der Waals surface area contributed by atoms with Crippen molar-refractivity contribution in [3.63, 3.8) is 0 Å². The molecule has 0 spiro atoms. The van der Waals surface area contributed by atoms with Gasteiger partial charge in [0.2, 0.25) is 5.91 Å². The number of rotatable bonds is 7. The second kappa shape index (κ2) is 9.75. The number of fused-ring (bicyclic) bond motifs is 1. The van der Waals surface area contributed by atoms with Gasteiger partial charge in [0, 0.05) is 22.4 Å². The van der Waals surface area contributed by atoms with Crippen LogP contribution in [0.4, 0.5) is 13.9 Å². The van der Waals surface area contributed by atoms with Crippen molar-refractivity contribution in [2.75, 3.05) is 4.90 Å². The number of thioether (sulfide) groups is 1. The number of carbonyl (C=O) groups excluding carboxylic acids is 1. The number of anilines is 1. The number of aromatic nitrogens is 2. The molecule has 2 aromatic heterocycles. The van der Waals surface area contributed by atoms with Crippen molar-refractivity contribution < 1.29 is 13.6 Å². The number of halogens is 2. The van der Waals surface area contributed by atoms with Crippen LogP contribution in [0.25, 0.3) is 10.2 Å². The van der Waals surface area contributed by atoms with E-state index in [4.69, 9.17) is 0 Å². The number of hydrogen-bond donors (Lipinski definition) is 0. The van der Waals surface area contributed by atoms with Gasteiger partial charge in [-0.2, -0.15) is 0 Å². The van der Waals surface area contributed by atoms with E-state index >= 15 is 0 Å². The van der Waals surface area contributed by atoms with Crippen LogP contribution in [0.15, 0.2) is 65.7 Å². The Hall–Kier alpha value is -2.84. The Balaban J connectivity index is 1.63.